The third kappa shape index (κ3) is 2.76. The molecule has 0 unspecified atom stereocenters. The summed E-state index contributed by atoms with van der Waals surface area (Å²) in [5.41, 5.74) is 1.39. The van der Waals surface area contributed by atoms with Crippen LogP contribution in [0.2, 0.25) is 0 Å². The fraction of sp³-hybridized carbons (Fsp3) is 0.286. The van der Waals surface area contributed by atoms with Crippen molar-refractivity contribution in [1.29, 1.82) is 0 Å². The molecule has 7 nitrogen and oxygen atoms in total. The lowest BCUT2D eigenvalue weighted by molar-refractivity contribution is 0.0696. The first kappa shape index (κ1) is 13.3. The fourth-order valence-corrected chi connectivity index (χ4v) is 2.03. The highest BCUT2D eigenvalue weighted by molar-refractivity contribution is 6.02. The zero-order valence-corrected chi connectivity index (χ0v) is 11.4. The molecular formula is C14H14N4O3. The maximum Gasteiger partial charge on any atom is 0.335 e. The van der Waals surface area contributed by atoms with Gasteiger partial charge in [0, 0.05) is 11.6 Å². The number of carboxylic acids is 1. The number of anilines is 1. The van der Waals surface area contributed by atoms with Gasteiger partial charge in [-0.25, -0.2) is 9.78 Å². The van der Waals surface area contributed by atoms with E-state index in [1.807, 2.05) is 0 Å². The minimum absolute atomic E-state index is 0.0959. The van der Waals surface area contributed by atoms with Crippen LogP contribution in [0.5, 0.6) is 0 Å². The van der Waals surface area contributed by atoms with Gasteiger partial charge < -0.3 is 10.4 Å². The first-order chi connectivity index (χ1) is 10.0. The number of amides is 1. The molecule has 0 bridgehead atoms. The summed E-state index contributed by atoms with van der Waals surface area (Å²) in [4.78, 5) is 27.1. The molecule has 7 heteroatoms. The highest BCUT2D eigenvalue weighted by Gasteiger charge is 2.28. The lowest BCUT2D eigenvalue weighted by atomic mass is 10.1. The molecule has 0 radical (unpaired) electrons. The molecule has 3 N–H and O–H groups in total. The van der Waals surface area contributed by atoms with Crippen molar-refractivity contribution in [3.05, 3.63) is 41.0 Å². The number of nitrogens with one attached hydrogen (secondary N) is 2. The van der Waals surface area contributed by atoms with Crippen LogP contribution in [0, 0.1) is 6.92 Å². The van der Waals surface area contributed by atoms with Crippen LogP contribution in [0.25, 0.3) is 0 Å². The standard InChI is InChI=1S/C14H14N4O3/c1-7-6-9(14(20)21)4-5-10(7)15-13(19)12-16-11(17-18-12)8-2-3-8/h4-6,8H,2-3H2,1H3,(H,15,19)(H,20,21)(H,16,17,18). The molecule has 0 spiro atoms. The van der Waals surface area contributed by atoms with Crippen molar-refractivity contribution < 1.29 is 14.7 Å². The Morgan fingerprint density at radius 3 is 2.76 bits per heavy atom. The van der Waals surface area contributed by atoms with E-state index in [-0.39, 0.29) is 11.4 Å². The second-order valence-electron chi connectivity index (χ2n) is 5.11. The smallest absolute Gasteiger partial charge is 0.335 e. The maximum absolute atomic E-state index is 12.1. The van der Waals surface area contributed by atoms with Crippen LogP contribution in [0.4, 0.5) is 5.69 Å². The normalized spacial score (nSPS) is 14.0. The lowest BCUT2D eigenvalue weighted by Gasteiger charge is -2.07. The number of carboxylic acid groups (broad SMARTS) is 1. The van der Waals surface area contributed by atoms with Crippen molar-refractivity contribution in [2.45, 2.75) is 25.7 Å². The number of aromatic carboxylic acids is 1. The Balaban J connectivity index is 1.75. The summed E-state index contributed by atoms with van der Waals surface area (Å²) in [7, 11) is 0. The summed E-state index contributed by atoms with van der Waals surface area (Å²) in [6.07, 6.45) is 2.15. The van der Waals surface area contributed by atoms with E-state index in [1.165, 1.54) is 12.1 Å². The Labute approximate surface area is 120 Å². The topological polar surface area (TPSA) is 108 Å². The highest BCUT2D eigenvalue weighted by Crippen LogP contribution is 2.37. The Morgan fingerprint density at radius 1 is 1.38 bits per heavy atom. The van der Waals surface area contributed by atoms with Gasteiger partial charge in [-0.3, -0.25) is 9.89 Å². The van der Waals surface area contributed by atoms with Crippen LogP contribution in [-0.4, -0.2) is 32.2 Å². The minimum Gasteiger partial charge on any atom is -0.478 e. The summed E-state index contributed by atoms with van der Waals surface area (Å²) in [6, 6.07) is 4.51. The lowest BCUT2D eigenvalue weighted by Crippen LogP contribution is -2.15. The number of aryl methyl sites for hydroxylation is 1. The molecule has 21 heavy (non-hydrogen) atoms. The number of aromatic nitrogens is 3. The maximum atomic E-state index is 12.1. The average Bonchev–Trinajstić information content (AvgIpc) is 3.18. The molecule has 0 saturated heterocycles. The predicted octanol–water partition coefficient (Wildman–Crippen LogP) is 1.94. The van der Waals surface area contributed by atoms with E-state index in [4.69, 9.17) is 5.11 Å². The molecule has 1 saturated carbocycles. The number of H-pyrrole nitrogens is 1. The van der Waals surface area contributed by atoms with Crippen LogP contribution in [-0.2, 0) is 0 Å². The third-order valence-corrected chi connectivity index (χ3v) is 3.39. The minimum atomic E-state index is -1.00. The molecule has 1 heterocycles. The fourth-order valence-electron chi connectivity index (χ4n) is 2.03. The molecule has 1 aliphatic carbocycles. The van der Waals surface area contributed by atoms with Gasteiger partial charge in [0.1, 0.15) is 5.82 Å². The molecule has 3 rings (SSSR count). The van der Waals surface area contributed by atoms with E-state index in [0.717, 1.165) is 18.7 Å². The van der Waals surface area contributed by atoms with Crippen LogP contribution >= 0.6 is 0 Å². The molecule has 108 valence electrons. The van der Waals surface area contributed by atoms with E-state index in [2.05, 4.69) is 20.5 Å². The first-order valence-corrected chi connectivity index (χ1v) is 6.62. The van der Waals surface area contributed by atoms with Gasteiger partial charge in [-0.2, -0.15) is 0 Å². The van der Waals surface area contributed by atoms with Gasteiger partial charge in [0.25, 0.3) is 5.91 Å². The highest BCUT2D eigenvalue weighted by atomic mass is 16.4. The number of carbonyl (C=O) groups is 2. The average molecular weight is 286 g/mol. The first-order valence-electron chi connectivity index (χ1n) is 6.62. The molecule has 1 fully saturated rings. The van der Waals surface area contributed by atoms with Crippen molar-refractivity contribution in [1.82, 2.24) is 15.2 Å². The number of rotatable bonds is 4. The van der Waals surface area contributed by atoms with Gasteiger partial charge in [-0.15, -0.1) is 5.10 Å². The molecule has 1 aromatic carbocycles. The molecule has 0 atom stereocenters. The molecular weight excluding hydrogens is 272 g/mol. The summed E-state index contributed by atoms with van der Waals surface area (Å²) in [5.74, 6) is -0.171. The summed E-state index contributed by atoms with van der Waals surface area (Å²) < 4.78 is 0. The zero-order valence-electron chi connectivity index (χ0n) is 11.4. The van der Waals surface area contributed by atoms with Crippen LogP contribution in [0.1, 0.15) is 51.1 Å². The monoisotopic (exact) mass is 286 g/mol. The second kappa shape index (κ2) is 5.01. The third-order valence-electron chi connectivity index (χ3n) is 3.39. The SMILES string of the molecule is Cc1cc(C(=O)O)ccc1NC(=O)c1n[nH]c(C2CC2)n1. The van der Waals surface area contributed by atoms with E-state index in [1.54, 1.807) is 13.0 Å². The van der Waals surface area contributed by atoms with Gasteiger partial charge in [0.2, 0.25) is 5.82 Å². The van der Waals surface area contributed by atoms with Crippen molar-refractivity contribution in [3.63, 3.8) is 0 Å². The van der Waals surface area contributed by atoms with Gasteiger partial charge in [0.05, 0.1) is 5.56 Å². The summed E-state index contributed by atoms with van der Waals surface area (Å²) >= 11 is 0. The molecule has 1 amide bonds. The number of hydrogen-bond acceptors (Lipinski definition) is 4. The Bertz CT molecular complexity index is 719. The van der Waals surface area contributed by atoms with Gasteiger partial charge >= 0.3 is 5.97 Å². The van der Waals surface area contributed by atoms with Gasteiger partial charge in [-0.05, 0) is 43.5 Å². The van der Waals surface area contributed by atoms with E-state index in [0.29, 0.717) is 17.2 Å². The number of benzene rings is 1. The largest absolute Gasteiger partial charge is 0.478 e. The zero-order chi connectivity index (χ0) is 15.0. The van der Waals surface area contributed by atoms with Crippen molar-refractivity contribution in [2.24, 2.45) is 0 Å². The summed E-state index contributed by atoms with van der Waals surface area (Å²) in [6.45, 7) is 1.73. The van der Waals surface area contributed by atoms with Crippen LogP contribution < -0.4 is 5.32 Å². The van der Waals surface area contributed by atoms with Gasteiger partial charge in [0.15, 0.2) is 0 Å². The second-order valence-corrected chi connectivity index (χ2v) is 5.11. The van der Waals surface area contributed by atoms with Crippen molar-refractivity contribution in [3.8, 4) is 0 Å². The Hall–Kier alpha value is -2.70. The Kier molecular flexibility index (Phi) is 3.17. The van der Waals surface area contributed by atoms with E-state index < -0.39 is 11.9 Å². The molecule has 1 aromatic heterocycles. The van der Waals surface area contributed by atoms with Crippen molar-refractivity contribution >= 4 is 17.6 Å². The Morgan fingerprint density at radius 2 is 2.14 bits per heavy atom. The quantitative estimate of drug-likeness (QED) is 0.796. The summed E-state index contributed by atoms with van der Waals surface area (Å²) in [5, 5.41) is 18.3. The number of carbonyl (C=O) groups excluding carboxylic acids is 1. The molecule has 1 aliphatic rings. The van der Waals surface area contributed by atoms with E-state index >= 15 is 0 Å². The molecule has 0 aliphatic heterocycles. The number of aromatic amines is 1. The predicted molar refractivity (Wildman–Crippen MR) is 74.4 cm³/mol. The number of hydrogen-bond donors (Lipinski definition) is 3. The van der Waals surface area contributed by atoms with Crippen LogP contribution in [0.15, 0.2) is 18.2 Å². The van der Waals surface area contributed by atoms with Gasteiger partial charge in [-0.1, -0.05) is 0 Å². The van der Waals surface area contributed by atoms with Crippen molar-refractivity contribution in [2.75, 3.05) is 5.32 Å². The van der Waals surface area contributed by atoms with Crippen LogP contribution in [0.3, 0.4) is 0 Å². The number of nitrogens with zero attached hydrogens (tertiary/aromatic N) is 2. The molecule has 2 aromatic rings. The van der Waals surface area contributed by atoms with E-state index in [9.17, 15) is 9.59 Å².